The molecule has 1 aliphatic rings. The fourth-order valence-electron chi connectivity index (χ4n) is 3.02. The summed E-state index contributed by atoms with van der Waals surface area (Å²) in [6, 6.07) is 8.91. The average molecular weight is 427 g/mol. The first kappa shape index (κ1) is 21.6. The molecule has 9 heteroatoms. The molecule has 0 atom stereocenters. The Morgan fingerprint density at radius 2 is 1.72 bits per heavy atom. The van der Waals surface area contributed by atoms with Gasteiger partial charge in [0.15, 0.2) is 5.01 Å². The van der Waals surface area contributed by atoms with Crippen molar-refractivity contribution >= 4 is 17.4 Å². The number of benzene rings is 1. The summed E-state index contributed by atoms with van der Waals surface area (Å²) in [6.45, 7) is 7.87. The number of nitrogens with zero attached hydrogens (tertiary/aromatic N) is 3. The number of aromatic nitrogens is 1. The van der Waals surface area contributed by atoms with Gasteiger partial charge in [-0.1, -0.05) is 30.3 Å². The van der Waals surface area contributed by atoms with E-state index in [4.69, 9.17) is 4.74 Å². The van der Waals surface area contributed by atoms with Gasteiger partial charge in [-0.15, -0.1) is 11.3 Å². The van der Waals surface area contributed by atoms with E-state index >= 15 is 0 Å². The Morgan fingerprint density at radius 3 is 2.28 bits per heavy atom. The molecule has 158 valence electrons. The van der Waals surface area contributed by atoms with E-state index in [1.807, 2.05) is 31.7 Å². The fraction of sp³-hybridized carbons (Fsp3) is 0.500. The second-order valence-electron chi connectivity index (χ2n) is 7.90. The van der Waals surface area contributed by atoms with Crippen LogP contribution in [0.4, 0.5) is 18.0 Å². The van der Waals surface area contributed by atoms with Gasteiger partial charge in [0.2, 0.25) is 0 Å². The van der Waals surface area contributed by atoms with Gasteiger partial charge in [-0.2, -0.15) is 13.2 Å². The first-order valence-corrected chi connectivity index (χ1v) is 10.2. The Bertz CT molecular complexity index is 839. The zero-order valence-corrected chi connectivity index (χ0v) is 17.4. The highest BCUT2D eigenvalue weighted by atomic mass is 32.1. The predicted octanol–water partition coefficient (Wildman–Crippen LogP) is 4.88. The molecule has 0 unspecified atom stereocenters. The lowest BCUT2D eigenvalue weighted by Crippen LogP contribution is -2.49. The quantitative estimate of drug-likeness (QED) is 0.700. The third-order valence-electron chi connectivity index (χ3n) is 4.38. The molecule has 1 fully saturated rings. The topological polar surface area (TPSA) is 45.7 Å². The van der Waals surface area contributed by atoms with Crippen LogP contribution in [0.25, 0.3) is 11.3 Å². The van der Waals surface area contributed by atoms with Crippen LogP contribution < -0.4 is 0 Å². The van der Waals surface area contributed by atoms with Gasteiger partial charge in [-0.05, 0) is 20.8 Å². The number of halogens is 3. The van der Waals surface area contributed by atoms with Gasteiger partial charge in [0.05, 0.1) is 5.69 Å². The van der Waals surface area contributed by atoms with E-state index in [0.717, 1.165) is 0 Å². The smallest absolute Gasteiger partial charge is 0.443 e. The Kier molecular flexibility index (Phi) is 6.19. The number of hydrogen-bond donors (Lipinski definition) is 0. The summed E-state index contributed by atoms with van der Waals surface area (Å²) in [5, 5.41) is -0.834. The summed E-state index contributed by atoms with van der Waals surface area (Å²) in [4.78, 5) is 20.3. The number of hydrogen-bond acceptors (Lipinski definition) is 5. The second kappa shape index (κ2) is 8.31. The van der Waals surface area contributed by atoms with Crippen molar-refractivity contribution in [2.75, 3.05) is 26.2 Å². The van der Waals surface area contributed by atoms with Gasteiger partial charge >= 0.3 is 12.3 Å². The van der Waals surface area contributed by atoms with E-state index in [2.05, 4.69) is 4.98 Å². The van der Waals surface area contributed by atoms with Gasteiger partial charge in [0, 0.05) is 43.2 Å². The molecular formula is C20H24F3N3O2S. The zero-order chi connectivity index (χ0) is 21.2. The summed E-state index contributed by atoms with van der Waals surface area (Å²) in [5.74, 6) is 0. The lowest BCUT2D eigenvalue weighted by Gasteiger charge is -2.35. The van der Waals surface area contributed by atoms with Crippen LogP contribution in [0, 0.1) is 0 Å². The molecule has 1 amide bonds. The summed E-state index contributed by atoms with van der Waals surface area (Å²) < 4.78 is 45.1. The number of carbonyl (C=O) groups is 1. The number of carbonyl (C=O) groups excluding carboxylic acids is 1. The van der Waals surface area contributed by atoms with Gasteiger partial charge in [0.1, 0.15) is 5.60 Å². The van der Waals surface area contributed by atoms with Crippen LogP contribution in [-0.2, 0) is 17.5 Å². The van der Waals surface area contributed by atoms with E-state index in [0.29, 0.717) is 60.2 Å². The third-order valence-corrected chi connectivity index (χ3v) is 5.46. The van der Waals surface area contributed by atoms with Gasteiger partial charge in [0.25, 0.3) is 0 Å². The maximum atomic E-state index is 13.2. The summed E-state index contributed by atoms with van der Waals surface area (Å²) in [7, 11) is 0. The molecular weight excluding hydrogens is 403 g/mol. The van der Waals surface area contributed by atoms with Crippen molar-refractivity contribution in [1.29, 1.82) is 0 Å². The molecule has 2 aromatic rings. The molecule has 1 saturated heterocycles. The van der Waals surface area contributed by atoms with E-state index in [9.17, 15) is 18.0 Å². The van der Waals surface area contributed by atoms with Crippen LogP contribution in [-0.4, -0.2) is 52.7 Å². The van der Waals surface area contributed by atoms with Gasteiger partial charge in [-0.25, -0.2) is 9.78 Å². The van der Waals surface area contributed by atoms with Crippen molar-refractivity contribution in [3.05, 3.63) is 40.2 Å². The van der Waals surface area contributed by atoms with E-state index in [-0.39, 0.29) is 6.09 Å². The molecule has 0 radical (unpaired) electrons. The van der Waals surface area contributed by atoms with Crippen LogP contribution in [0.2, 0.25) is 0 Å². The molecule has 29 heavy (non-hydrogen) atoms. The highest BCUT2D eigenvalue weighted by Gasteiger charge is 2.36. The molecule has 0 saturated carbocycles. The van der Waals surface area contributed by atoms with Crippen LogP contribution in [0.5, 0.6) is 0 Å². The Balaban J connectivity index is 1.71. The zero-order valence-electron chi connectivity index (χ0n) is 16.6. The number of amides is 1. The van der Waals surface area contributed by atoms with Crippen molar-refractivity contribution < 1.29 is 22.7 Å². The molecule has 1 aromatic carbocycles. The fourth-order valence-corrected chi connectivity index (χ4v) is 4.01. The third kappa shape index (κ3) is 5.70. The maximum absolute atomic E-state index is 13.2. The molecule has 1 aromatic heterocycles. The van der Waals surface area contributed by atoms with E-state index in [1.54, 1.807) is 29.2 Å². The van der Waals surface area contributed by atoms with Crippen LogP contribution in [0.1, 0.15) is 30.7 Å². The number of alkyl halides is 3. The van der Waals surface area contributed by atoms with Crippen LogP contribution in [0.15, 0.2) is 30.3 Å². The molecule has 2 heterocycles. The highest BCUT2D eigenvalue weighted by molar-refractivity contribution is 7.12. The molecule has 0 aliphatic carbocycles. The number of rotatable bonds is 3. The van der Waals surface area contributed by atoms with Gasteiger partial charge < -0.3 is 9.64 Å². The highest BCUT2D eigenvalue weighted by Crippen LogP contribution is 2.38. The molecule has 0 spiro atoms. The van der Waals surface area contributed by atoms with Crippen LogP contribution >= 0.6 is 11.3 Å². The summed E-state index contributed by atoms with van der Waals surface area (Å²) in [5.41, 5.74) is 0.481. The molecule has 1 aliphatic heterocycles. The maximum Gasteiger partial charge on any atom is 0.443 e. The van der Waals surface area contributed by atoms with Crippen molar-refractivity contribution in [2.24, 2.45) is 0 Å². The minimum Gasteiger partial charge on any atom is -0.444 e. The van der Waals surface area contributed by atoms with E-state index < -0.39 is 16.8 Å². The van der Waals surface area contributed by atoms with Gasteiger partial charge in [-0.3, -0.25) is 4.90 Å². The largest absolute Gasteiger partial charge is 0.444 e. The standard InChI is InChI=1S/C20H24F3N3O2S/c1-19(2,3)28-18(27)26-11-9-25(10-12-26)13-15-16(14-7-5-4-6-8-14)24-17(29-15)20(21,22)23/h4-8H,9-13H2,1-3H3. The molecule has 0 bridgehead atoms. The predicted molar refractivity (Wildman–Crippen MR) is 106 cm³/mol. The minimum atomic E-state index is -4.47. The summed E-state index contributed by atoms with van der Waals surface area (Å²) >= 11 is 0.687. The van der Waals surface area contributed by atoms with E-state index in [1.165, 1.54) is 0 Å². The lowest BCUT2D eigenvalue weighted by atomic mass is 10.1. The van der Waals surface area contributed by atoms with Crippen LogP contribution in [0.3, 0.4) is 0 Å². The molecule has 0 N–H and O–H groups in total. The number of ether oxygens (including phenoxy) is 1. The molecule has 5 nitrogen and oxygen atoms in total. The van der Waals surface area contributed by atoms with Crippen molar-refractivity contribution in [2.45, 2.75) is 39.1 Å². The van der Waals surface area contributed by atoms with Crippen molar-refractivity contribution in [3.8, 4) is 11.3 Å². The number of piperazine rings is 1. The van der Waals surface area contributed by atoms with Crippen molar-refractivity contribution in [3.63, 3.8) is 0 Å². The number of thiazole rings is 1. The SMILES string of the molecule is CC(C)(C)OC(=O)N1CCN(Cc2sc(C(F)(F)F)nc2-c2ccccc2)CC1. The molecule has 3 rings (SSSR count). The monoisotopic (exact) mass is 427 g/mol. The minimum absolute atomic E-state index is 0.361. The Morgan fingerprint density at radius 1 is 1.10 bits per heavy atom. The first-order valence-electron chi connectivity index (χ1n) is 9.35. The normalized spacial score (nSPS) is 16.1. The Hall–Kier alpha value is -2.13. The second-order valence-corrected chi connectivity index (χ2v) is 8.98. The first-order chi connectivity index (χ1) is 13.5. The summed E-state index contributed by atoms with van der Waals surface area (Å²) in [6.07, 6.45) is -4.83. The van der Waals surface area contributed by atoms with Crippen molar-refractivity contribution in [1.82, 2.24) is 14.8 Å². The lowest BCUT2D eigenvalue weighted by molar-refractivity contribution is -0.137. The Labute approximate surface area is 172 Å². The average Bonchev–Trinajstić information content (AvgIpc) is 3.06.